The lowest BCUT2D eigenvalue weighted by atomic mass is 10.3. The molecule has 17 heavy (non-hydrogen) atoms. The van der Waals surface area contributed by atoms with E-state index < -0.39 is 10.0 Å². The highest BCUT2D eigenvalue weighted by atomic mass is 79.9. The third kappa shape index (κ3) is 2.74. The summed E-state index contributed by atoms with van der Waals surface area (Å²) in [6.45, 7) is 0. The Morgan fingerprint density at radius 1 is 1.29 bits per heavy atom. The number of H-pyrrole nitrogens is 1. The van der Waals surface area contributed by atoms with Crippen molar-refractivity contribution in [1.29, 1.82) is 0 Å². The van der Waals surface area contributed by atoms with Crippen LogP contribution < -0.4 is 10.5 Å². The van der Waals surface area contributed by atoms with Gasteiger partial charge >= 0.3 is 0 Å². The highest BCUT2D eigenvalue weighted by Gasteiger charge is 2.18. The van der Waals surface area contributed by atoms with Crippen molar-refractivity contribution in [1.82, 2.24) is 15.2 Å². The van der Waals surface area contributed by atoms with E-state index in [0.717, 1.165) is 4.47 Å². The van der Waals surface area contributed by atoms with E-state index in [4.69, 9.17) is 5.73 Å². The van der Waals surface area contributed by atoms with Gasteiger partial charge in [-0.3, -0.25) is 4.72 Å². The van der Waals surface area contributed by atoms with Gasteiger partial charge in [-0.15, -0.1) is 5.10 Å². The molecule has 2 aromatic rings. The van der Waals surface area contributed by atoms with Crippen LogP contribution in [0.3, 0.4) is 0 Å². The van der Waals surface area contributed by atoms with Gasteiger partial charge in [-0.05, 0) is 24.3 Å². The van der Waals surface area contributed by atoms with E-state index >= 15 is 0 Å². The van der Waals surface area contributed by atoms with Gasteiger partial charge in [0.25, 0.3) is 15.2 Å². The van der Waals surface area contributed by atoms with Gasteiger partial charge in [-0.25, -0.2) is 5.10 Å². The lowest BCUT2D eigenvalue weighted by molar-refractivity contribution is 0.593. The second kappa shape index (κ2) is 4.34. The molecule has 0 spiro atoms. The molecule has 90 valence electrons. The first-order chi connectivity index (χ1) is 7.97. The predicted octanol–water partition coefficient (Wildman–Crippen LogP) is 0.950. The molecule has 9 heteroatoms. The molecule has 0 saturated heterocycles. The zero-order valence-electron chi connectivity index (χ0n) is 8.38. The topological polar surface area (TPSA) is 114 Å². The van der Waals surface area contributed by atoms with E-state index in [2.05, 4.69) is 35.8 Å². The molecule has 0 bridgehead atoms. The number of anilines is 2. The Bertz CT molecular complexity index is 622. The molecular weight excluding hydrogens is 310 g/mol. The van der Waals surface area contributed by atoms with E-state index in [1.54, 1.807) is 24.3 Å². The van der Waals surface area contributed by atoms with Gasteiger partial charge in [0.05, 0.1) is 0 Å². The first-order valence-corrected chi connectivity index (χ1v) is 6.71. The van der Waals surface area contributed by atoms with E-state index in [9.17, 15) is 8.42 Å². The van der Waals surface area contributed by atoms with Crippen LogP contribution in [0, 0.1) is 0 Å². The molecule has 0 aliphatic rings. The minimum absolute atomic E-state index is 0.124. The highest BCUT2D eigenvalue weighted by Crippen LogP contribution is 2.17. The first-order valence-electron chi connectivity index (χ1n) is 4.44. The average molecular weight is 318 g/mol. The van der Waals surface area contributed by atoms with Crippen molar-refractivity contribution in [3.8, 4) is 0 Å². The summed E-state index contributed by atoms with van der Waals surface area (Å²) in [5.41, 5.74) is 5.66. The number of hydrogen-bond acceptors (Lipinski definition) is 5. The lowest BCUT2D eigenvalue weighted by Crippen LogP contribution is -2.14. The molecule has 1 aromatic heterocycles. The minimum Gasteiger partial charge on any atom is -0.366 e. The molecule has 4 N–H and O–H groups in total. The Kier molecular flexibility index (Phi) is 3.03. The SMILES string of the molecule is Nc1n[nH]c(S(=O)(=O)Nc2ccc(Br)cc2)n1. The number of hydrogen-bond donors (Lipinski definition) is 3. The summed E-state index contributed by atoms with van der Waals surface area (Å²) >= 11 is 3.25. The van der Waals surface area contributed by atoms with Gasteiger partial charge in [0, 0.05) is 10.2 Å². The molecule has 0 fully saturated rings. The summed E-state index contributed by atoms with van der Waals surface area (Å²) in [5, 5.41) is 5.36. The molecule has 0 saturated carbocycles. The summed E-state index contributed by atoms with van der Waals surface area (Å²) in [6, 6.07) is 6.65. The number of halogens is 1. The standard InChI is InChI=1S/C8H8BrN5O2S/c9-5-1-3-6(4-2-5)14-17(15,16)8-11-7(10)12-13-8/h1-4,14H,(H3,10,11,12,13). The van der Waals surface area contributed by atoms with Crippen LogP contribution in [0.2, 0.25) is 0 Å². The van der Waals surface area contributed by atoms with Crippen molar-refractivity contribution in [3.63, 3.8) is 0 Å². The number of rotatable bonds is 3. The van der Waals surface area contributed by atoms with Crippen LogP contribution in [-0.2, 0) is 10.0 Å². The Hall–Kier alpha value is -1.61. The van der Waals surface area contributed by atoms with Crippen LogP contribution in [0.25, 0.3) is 0 Å². The van der Waals surface area contributed by atoms with Crippen molar-refractivity contribution >= 4 is 37.6 Å². The summed E-state index contributed by atoms with van der Waals surface area (Å²) in [7, 11) is -3.78. The fourth-order valence-electron chi connectivity index (χ4n) is 1.10. The predicted molar refractivity (Wildman–Crippen MR) is 65.7 cm³/mol. The largest absolute Gasteiger partial charge is 0.366 e. The average Bonchev–Trinajstić information content (AvgIpc) is 2.69. The summed E-state index contributed by atoms with van der Waals surface area (Å²) < 4.78 is 26.8. The molecule has 2 rings (SSSR count). The second-order valence-corrected chi connectivity index (χ2v) is 5.62. The quantitative estimate of drug-likeness (QED) is 0.779. The van der Waals surface area contributed by atoms with Crippen molar-refractivity contribution in [2.45, 2.75) is 5.16 Å². The van der Waals surface area contributed by atoms with Gasteiger partial charge < -0.3 is 5.73 Å². The molecular formula is C8H8BrN5O2S. The second-order valence-electron chi connectivity index (χ2n) is 3.11. The van der Waals surface area contributed by atoms with Crippen LogP contribution in [0.15, 0.2) is 33.9 Å². The molecule has 1 aromatic carbocycles. The zero-order valence-corrected chi connectivity index (χ0v) is 10.8. The van der Waals surface area contributed by atoms with Crippen molar-refractivity contribution in [2.75, 3.05) is 10.5 Å². The third-order valence-electron chi connectivity index (χ3n) is 1.83. The fourth-order valence-corrected chi connectivity index (χ4v) is 2.29. The van der Waals surface area contributed by atoms with E-state index in [1.807, 2.05) is 0 Å². The van der Waals surface area contributed by atoms with Gasteiger partial charge in [-0.2, -0.15) is 13.4 Å². The summed E-state index contributed by atoms with van der Waals surface area (Å²) in [4.78, 5) is 3.55. The maximum atomic E-state index is 11.8. The van der Waals surface area contributed by atoms with E-state index in [1.165, 1.54) is 0 Å². The van der Waals surface area contributed by atoms with Gasteiger partial charge in [0.1, 0.15) is 0 Å². The fraction of sp³-hybridized carbons (Fsp3) is 0. The summed E-state index contributed by atoms with van der Waals surface area (Å²) in [6.07, 6.45) is 0. The minimum atomic E-state index is -3.78. The van der Waals surface area contributed by atoms with Crippen LogP contribution in [0.1, 0.15) is 0 Å². The van der Waals surface area contributed by atoms with Crippen LogP contribution in [-0.4, -0.2) is 23.6 Å². The molecule has 1 heterocycles. The van der Waals surface area contributed by atoms with Gasteiger partial charge in [0.2, 0.25) is 5.95 Å². The summed E-state index contributed by atoms with van der Waals surface area (Å²) in [5.74, 6) is -0.124. The number of nitrogens with two attached hydrogens (primary N) is 1. The number of nitrogen functional groups attached to an aromatic ring is 1. The Balaban J connectivity index is 2.26. The number of aromatic amines is 1. The molecule has 0 radical (unpaired) electrons. The van der Waals surface area contributed by atoms with Gasteiger partial charge in [0.15, 0.2) is 0 Å². The van der Waals surface area contributed by atoms with Crippen LogP contribution in [0.5, 0.6) is 0 Å². The number of aromatic nitrogens is 3. The number of sulfonamides is 1. The van der Waals surface area contributed by atoms with Crippen molar-refractivity contribution in [2.24, 2.45) is 0 Å². The van der Waals surface area contributed by atoms with Crippen molar-refractivity contribution in [3.05, 3.63) is 28.7 Å². The zero-order chi connectivity index (χ0) is 12.5. The van der Waals surface area contributed by atoms with Crippen LogP contribution >= 0.6 is 15.9 Å². The molecule has 0 atom stereocenters. The highest BCUT2D eigenvalue weighted by molar-refractivity contribution is 9.10. The molecule has 0 unspecified atom stereocenters. The molecule has 0 aliphatic heterocycles. The van der Waals surface area contributed by atoms with E-state index in [0.29, 0.717) is 5.69 Å². The monoisotopic (exact) mass is 317 g/mol. The molecule has 0 aliphatic carbocycles. The van der Waals surface area contributed by atoms with Crippen LogP contribution in [0.4, 0.5) is 11.6 Å². The Labute approximate surface area is 106 Å². The third-order valence-corrected chi connectivity index (χ3v) is 3.56. The first kappa shape index (κ1) is 11.9. The normalized spacial score (nSPS) is 11.4. The number of nitrogens with one attached hydrogen (secondary N) is 2. The maximum Gasteiger partial charge on any atom is 0.297 e. The number of nitrogens with zero attached hydrogens (tertiary/aromatic N) is 2. The smallest absolute Gasteiger partial charge is 0.297 e. The Morgan fingerprint density at radius 3 is 2.47 bits per heavy atom. The van der Waals surface area contributed by atoms with Gasteiger partial charge in [-0.1, -0.05) is 15.9 Å². The maximum absolute atomic E-state index is 11.8. The number of benzene rings is 1. The van der Waals surface area contributed by atoms with E-state index in [-0.39, 0.29) is 11.1 Å². The lowest BCUT2D eigenvalue weighted by Gasteiger charge is -2.04. The molecule has 0 amide bonds. The van der Waals surface area contributed by atoms with Crippen molar-refractivity contribution < 1.29 is 8.42 Å². The Morgan fingerprint density at radius 2 is 1.94 bits per heavy atom. The molecule has 7 nitrogen and oxygen atoms in total.